The molecule has 3 atom stereocenters. The number of aromatic nitrogens is 2. The van der Waals surface area contributed by atoms with E-state index in [1.165, 1.54) is 35.1 Å². The molecule has 2 aliphatic heterocycles. The number of aryl methyl sites for hydroxylation is 3. The van der Waals surface area contributed by atoms with Gasteiger partial charge in [-0.15, -0.1) is 0 Å². The van der Waals surface area contributed by atoms with Crippen LogP contribution in [0.4, 0.5) is 11.8 Å². The van der Waals surface area contributed by atoms with E-state index in [0.29, 0.717) is 23.4 Å². The molecule has 1 saturated carbocycles. The van der Waals surface area contributed by atoms with Gasteiger partial charge in [-0.1, -0.05) is 24.3 Å². The lowest BCUT2D eigenvalue weighted by Gasteiger charge is -2.42. The van der Waals surface area contributed by atoms with Gasteiger partial charge in [0.1, 0.15) is 10.7 Å². The van der Waals surface area contributed by atoms with Gasteiger partial charge in [0.15, 0.2) is 0 Å². The largest absolute Gasteiger partial charge is 0.394 e. The Labute approximate surface area is 203 Å². The maximum absolute atomic E-state index is 12.9. The topological polar surface area (TPSA) is 78.4 Å². The Morgan fingerprint density at radius 1 is 1.12 bits per heavy atom. The van der Waals surface area contributed by atoms with E-state index in [1.54, 1.807) is 0 Å². The van der Waals surface area contributed by atoms with Gasteiger partial charge in [0, 0.05) is 18.8 Å². The lowest BCUT2D eigenvalue weighted by atomic mass is 9.77. The van der Waals surface area contributed by atoms with E-state index in [2.05, 4.69) is 34.5 Å². The highest BCUT2D eigenvalue weighted by atomic mass is 32.2. The number of aliphatic hydroxyl groups excluding tert-OH is 1. The molecule has 0 spiro atoms. The number of anilines is 2. The monoisotopic (exact) mass is 476 g/mol. The van der Waals surface area contributed by atoms with Gasteiger partial charge in [0.2, 0.25) is 5.95 Å². The first-order chi connectivity index (χ1) is 16.6. The van der Waals surface area contributed by atoms with Crippen molar-refractivity contribution in [1.82, 2.24) is 9.97 Å². The van der Waals surface area contributed by atoms with Gasteiger partial charge < -0.3 is 15.3 Å². The van der Waals surface area contributed by atoms with Gasteiger partial charge >= 0.3 is 0 Å². The van der Waals surface area contributed by atoms with Gasteiger partial charge in [0.05, 0.1) is 28.6 Å². The zero-order chi connectivity index (χ0) is 22.9. The second-order valence-corrected chi connectivity index (χ2v) is 12.4. The number of allylic oxidation sites excluding steroid dienone is 1. The van der Waals surface area contributed by atoms with Crippen LogP contribution in [0.25, 0.3) is 5.57 Å². The van der Waals surface area contributed by atoms with Crippen molar-refractivity contribution < 1.29 is 9.32 Å². The van der Waals surface area contributed by atoms with Crippen molar-refractivity contribution in [3.05, 3.63) is 46.7 Å². The summed E-state index contributed by atoms with van der Waals surface area (Å²) in [6.07, 6.45) is 10.8. The van der Waals surface area contributed by atoms with Gasteiger partial charge in [-0.2, -0.15) is 4.98 Å². The quantitative estimate of drug-likeness (QED) is 0.688. The minimum atomic E-state index is -1.08. The van der Waals surface area contributed by atoms with Crippen LogP contribution in [0, 0.1) is 11.8 Å². The Bertz CT molecular complexity index is 1220. The van der Waals surface area contributed by atoms with Crippen LogP contribution in [0.3, 0.4) is 0 Å². The van der Waals surface area contributed by atoms with E-state index in [4.69, 9.17) is 9.97 Å². The van der Waals surface area contributed by atoms with Crippen LogP contribution in [-0.4, -0.2) is 50.3 Å². The standard InChI is InChI=1S/C27H32N4O2S/c32-16-27(8-2-9-27)30-25-24-23(3-1-10-34(24)33)28-26(29-25)31-14-21-12-20(13-22(21)15-31)19-7-5-17-4-6-18(17)11-19/h5,7,11-12,21-22,32H,1-4,6,8-10,13-16H2,(H,28,29,30)/t21-,22+,34+/m0/s1. The Balaban J connectivity index is 1.16. The highest BCUT2D eigenvalue weighted by Crippen LogP contribution is 2.44. The first kappa shape index (κ1) is 21.1. The highest BCUT2D eigenvalue weighted by molar-refractivity contribution is 7.85. The summed E-state index contributed by atoms with van der Waals surface area (Å²) in [5.41, 5.74) is 6.57. The smallest absolute Gasteiger partial charge is 0.227 e. The number of nitrogens with one attached hydrogen (secondary N) is 1. The average molecular weight is 477 g/mol. The molecule has 3 aliphatic carbocycles. The molecule has 5 aliphatic rings. The van der Waals surface area contributed by atoms with Crippen molar-refractivity contribution in [2.75, 3.05) is 35.7 Å². The van der Waals surface area contributed by atoms with Crippen LogP contribution in [0.1, 0.15) is 54.5 Å². The molecular formula is C27H32N4O2S. The summed E-state index contributed by atoms with van der Waals surface area (Å²) in [5.74, 6) is 3.25. The van der Waals surface area contributed by atoms with Crippen LogP contribution in [0.2, 0.25) is 0 Å². The maximum atomic E-state index is 12.9. The minimum absolute atomic E-state index is 0.0812. The summed E-state index contributed by atoms with van der Waals surface area (Å²) in [6.45, 7) is 1.98. The third-order valence-corrected chi connectivity index (χ3v) is 10.3. The van der Waals surface area contributed by atoms with Crippen LogP contribution >= 0.6 is 0 Å². The second-order valence-electron chi connectivity index (χ2n) is 10.9. The first-order valence-corrected chi connectivity index (χ1v) is 14.2. The second kappa shape index (κ2) is 7.89. The van der Waals surface area contributed by atoms with Gasteiger partial charge in [-0.3, -0.25) is 4.21 Å². The van der Waals surface area contributed by atoms with Crippen LogP contribution < -0.4 is 10.2 Å². The average Bonchev–Trinajstić information content (AvgIpc) is 3.36. The molecule has 34 heavy (non-hydrogen) atoms. The number of hydrogen-bond acceptors (Lipinski definition) is 6. The predicted octanol–water partition coefficient (Wildman–Crippen LogP) is 3.50. The first-order valence-electron chi connectivity index (χ1n) is 12.9. The molecule has 0 radical (unpaired) electrons. The molecule has 6 nitrogen and oxygen atoms in total. The number of nitrogens with zero attached hydrogens (tertiary/aromatic N) is 3. The molecule has 1 aromatic heterocycles. The normalized spacial score (nSPS) is 28.3. The summed E-state index contributed by atoms with van der Waals surface area (Å²) in [7, 11) is -1.08. The van der Waals surface area contributed by atoms with Gasteiger partial charge in [-0.05, 0) is 85.5 Å². The molecule has 2 aromatic rings. The van der Waals surface area contributed by atoms with Crippen molar-refractivity contribution in [2.24, 2.45) is 11.8 Å². The lowest BCUT2D eigenvalue weighted by molar-refractivity contribution is 0.143. The van der Waals surface area contributed by atoms with E-state index in [1.807, 2.05) is 0 Å². The zero-order valence-corrected chi connectivity index (χ0v) is 20.4. The highest BCUT2D eigenvalue weighted by Gasteiger charge is 2.41. The molecule has 178 valence electrons. The molecule has 7 heteroatoms. The molecule has 7 rings (SSSR count). The van der Waals surface area contributed by atoms with E-state index in [0.717, 1.165) is 68.2 Å². The van der Waals surface area contributed by atoms with Crippen LogP contribution in [0.15, 0.2) is 29.2 Å². The lowest BCUT2D eigenvalue weighted by Crippen LogP contribution is -2.49. The summed E-state index contributed by atoms with van der Waals surface area (Å²) in [5, 5.41) is 13.5. The van der Waals surface area contributed by atoms with Crippen molar-refractivity contribution in [3.8, 4) is 0 Å². The fraction of sp³-hybridized carbons (Fsp3) is 0.556. The Morgan fingerprint density at radius 3 is 2.71 bits per heavy atom. The number of fused-ring (bicyclic) bond motifs is 3. The Hall–Kier alpha value is -2.25. The number of aliphatic hydroxyl groups is 1. The van der Waals surface area contributed by atoms with Crippen molar-refractivity contribution in [2.45, 2.75) is 61.8 Å². The fourth-order valence-electron chi connectivity index (χ4n) is 6.45. The zero-order valence-electron chi connectivity index (χ0n) is 19.6. The summed E-state index contributed by atoms with van der Waals surface area (Å²) >= 11 is 0. The molecule has 1 aromatic carbocycles. The van der Waals surface area contributed by atoms with E-state index < -0.39 is 10.8 Å². The summed E-state index contributed by atoms with van der Waals surface area (Å²) < 4.78 is 12.9. The third-order valence-electron chi connectivity index (χ3n) is 8.80. The summed E-state index contributed by atoms with van der Waals surface area (Å²) in [4.78, 5) is 13.0. The third kappa shape index (κ3) is 3.34. The van der Waals surface area contributed by atoms with E-state index in [9.17, 15) is 9.32 Å². The molecule has 2 N–H and O–H groups in total. The van der Waals surface area contributed by atoms with Crippen LogP contribution in [0.5, 0.6) is 0 Å². The van der Waals surface area contributed by atoms with Crippen molar-refractivity contribution in [1.29, 1.82) is 0 Å². The predicted molar refractivity (Wildman–Crippen MR) is 135 cm³/mol. The van der Waals surface area contributed by atoms with E-state index >= 15 is 0 Å². The van der Waals surface area contributed by atoms with Gasteiger partial charge in [0.25, 0.3) is 0 Å². The molecule has 0 bridgehead atoms. The van der Waals surface area contributed by atoms with Gasteiger partial charge in [-0.25, -0.2) is 4.98 Å². The molecule has 1 saturated heterocycles. The molecular weight excluding hydrogens is 444 g/mol. The molecule has 2 fully saturated rings. The molecule has 3 heterocycles. The number of rotatable bonds is 5. The van der Waals surface area contributed by atoms with Crippen molar-refractivity contribution in [3.63, 3.8) is 0 Å². The SMILES string of the molecule is O=[S@@]1CCCc2nc(N3C[C@H]4CC(c5ccc6c(c5)CC6)=C[C@H]4C3)nc(NC3(CO)CCC3)c21. The maximum Gasteiger partial charge on any atom is 0.227 e. The summed E-state index contributed by atoms with van der Waals surface area (Å²) in [6, 6.07) is 7.03. The number of benzene rings is 1. The minimum Gasteiger partial charge on any atom is -0.394 e. The fourth-order valence-corrected chi connectivity index (χ4v) is 7.78. The Kier molecular flexibility index (Phi) is 4.89. The molecule has 0 amide bonds. The number of hydrogen-bond donors (Lipinski definition) is 2. The molecule has 0 unspecified atom stereocenters. The van der Waals surface area contributed by atoms with Crippen molar-refractivity contribution >= 4 is 28.1 Å². The Morgan fingerprint density at radius 2 is 2.00 bits per heavy atom. The van der Waals surface area contributed by atoms with Crippen LogP contribution in [-0.2, 0) is 30.1 Å². The van der Waals surface area contributed by atoms with E-state index in [-0.39, 0.29) is 12.1 Å².